The van der Waals surface area contributed by atoms with Crippen molar-refractivity contribution in [3.63, 3.8) is 0 Å². The largest absolute Gasteiger partial charge is 0.331 e. The van der Waals surface area contributed by atoms with Crippen molar-refractivity contribution >= 4 is 23.5 Å². The second-order valence-corrected chi connectivity index (χ2v) is 2.81. The highest BCUT2D eigenvalue weighted by Gasteiger charge is 1.88. The first-order valence-electron chi connectivity index (χ1n) is 3.03. The molecule has 0 atom stereocenters. The van der Waals surface area contributed by atoms with E-state index in [1.54, 1.807) is 0 Å². The lowest BCUT2D eigenvalue weighted by Crippen LogP contribution is -1.90. The minimum absolute atomic E-state index is 0.405. The third-order valence-corrected chi connectivity index (χ3v) is 1.71. The number of hydrogen-bond donors (Lipinski definition) is 0. The Balaban J connectivity index is 2.43. The summed E-state index contributed by atoms with van der Waals surface area (Å²) in [4.78, 5) is 15.6. The Morgan fingerprint density at radius 1 is 1.82 bits per heavy atom. The molecule has 0 aliphatic heterocycles. The number of nitrogens with zero attached hydrogens (tertiary/aromatic N) is 1. The average Bonchev–Trinajstić information content (AvgIpc) is 2.39. The molecule has 3 nitrogen and oxygen atoms in total. The minimum atomic E-state index is -0.405. The Morgan fingerprint density at radius 2 is 2.64 bits per heavy atom. The number of hydrogen-bond acceptors (Lipinski definition) is 4. The summed E-state index contributed by atoms with van der Waals surface area (Å²) in [5, 5.41) is 5.37. The number of oxime groups is 1. The predicted octanol–water partition coefficient (Wildman–Crippen LogP) is 1.65. The number of rotatable bonds is 2. The summed E-state index contributed by atoms with van der Waals surface area (Å²) in [7, 11) is 0. The molecule has 4 heteroatoms. The Labute approximate surface area is 68.3 Å². The van der Waals surface area contributed by atoms with Crippen LogP contribution in [-0.4, -0.2) is 12.2 Å². The molecule has 0 fully saturated rings. The highest BCUT2D eigenvalue weighted by Crippen LogP contribution is 2.04. The first kappa shape index (κ1) is 7.94. The summed E-state index contributed by atoms with van der Waals surface area (Å²) in [6, 6.07) is 3.79. The van der Waals surface area contributed by atoms with Crippen LogP contribution < -0.4 is 0 Å². The highest BCUT2D eigenvalue weighted by atomic mass is 32.1. The van der Waals surface area contributed by atoms with Crippen molar-refractivity contribution in [2.24, 2.45) is 5.16 Å². The van der Waals surface area contributed by atoms with Gasteiger partial charge in [-0.25, -0.2) is 4.79 Å². The molecule has 1 aromatic heterocycles. The first-order chi connectivity index (χ1) is 5.29. The number of carbonyl (C=O) groups is 1. The molecule has 0 bridgehead atoms. The Hall–Kier alpha value is -1.16. The van der Waals surface area contributed by atoms with E-state index in [9.17, 15) is 4.79 Å². The van der Waals surface area contributed by atoms with E-state index in [1.165, 1.54) is 24.5 Å². The lowest BCUT2D eigenvalue weighted by Gasteiger charge is -1.86. The van der Waals surface area contributed by atoms with Gasteiger partial charge in [0.2, 0.25) is 0 Å². The maximum atomic E-state index is 10.2. The molecule has 0 unspecified atom stereocenters. The fraction of sp³-hybridized carbons (Fsp3) is 0.143. The fourth-order valence-corrected chi connectivity index (χ4v) is 1.09. The molecule has 0 spiro atoms. The van der Waals surface area contributed by atoms with Crippen LogP contribution >= 0.6 is 11.3 Å². The highest BCUT2D eigenvalue weighted by molar-refractivity contribution is 7.11. The van der Waals surface area contributed by atoms with E-state index in [-0.39, 0.29) is 0 Å². The van der Waals surface area contributed by atoms with Crippen molar-refractivity contribution in [2.45, 2.75) is 6.92 Å². The van der Waals surface area contributed by atoms with Crippen molar-refractivity contribution in [3.8, 4) is 0 Å². The number of thiophene rings is 1. The maximum Gasteiger partial charge on any atom is 0.331 e. The van der Waals surface area contributed by atoms with Gasteiger partial charge in [-0.15, -0.1) is 11.3 Å². The van der Waals surface area contributed by atoms with Crippen molar-refractivity contribution in [2.75, 3.05) is 0 Å². The van der Waals surface area contributed by atoms with Crippen LogP contribution in [0.2, 0.25) is 0 Å². The summed E-state index contributed by atoms with van der Waals surface area (Å²) in [6.45, 7) is 1.31. The summed E-state index contributed by atoms with van der Waals surface area (Å²) in [6.07, 6.45) is 1.51. The van der Waals surface area contributed by atoms with E-state index < -0.39 is 5.97 Å². The number of carbonyl (C=O) groups excluding carboxylic acids is 1. The van der Waals surface area contributed by atoms with Crippen LogP contribution in [0.15, 0.2) is 22.7 Å². The molecule has 0 saturated heterocycles. The van der Waals surface area contributed by atoms with Gasteiger partial charge in [-0.2, -0.15) is 0 Å². The Morgan fingerprint density at radius 3 is 3.18 bits per heavy atom. The van der Waals surface area contributed by atoms with E-state index >= 15 is 0 Å². The zero-order valence-electron chi connectivity index (χ0n) is 5.98. The van der Waals surface area contributed by atoms with Crippen molar-refractivity contribution < 1.29 is 9.63 Å². The molecule has 58 valence electrons. The van der Waals surface area contributed by atoms with Crippen LogP contribution in [0.25, 0.3) is 0 Å². The third-order valence-electron chi connectivity index (χ3n) is 0.904. The van der Waals surface area contributed by atoms with Gasteiger partial charge in [0.25, 0.3) is 0 Å². The molecule has 0 saturated carbocycles. The van der Waals surface area contributed by atoms with E-state index in [0.29, 0.717) is 0 Å². The van der Waals surface area contributed by atoms with Gasteiger partial charge >= 0.3 is 5.97 Å². The molecule has 1 heterocycles. The van der Waals surface area contributed by atoms with Gasteiger partial charge in [-0.05, 0) is 11.4 Å². The molecular weight excluding hydrogens is 162 g/mol. The topological polar surface area (TPSA) is 38.7 Å². The predicted molar refractivity (Wildman–Crippen MR) is 43.7 cm³/mol. The zero-order chi connectivity index (χ0) is 8.10. The molecule has 0 amide bonds. The van der Waals surface area contributed by atoms with Gasteiger partial charge in [-0.3, -0.25) is 0 Å². The average molecular weight is 169 g/mol. The molecule has 0 aliphatic rings. The fourth-order valence-electron chi connectivity index (χ4n) is 0.517. The Bertz CT molecular complexity index is 253. The van der Waals surface area contributed by atoms with Crippen molar-refractivity contribution in [3.05, 3.63) is 22.4 Å². The summed E-state index contributed by atoms with van der Waals surface area (Å²) < 4.78 is 0. The molecule has 0 radical (unpaired) electrons. The van der Waals surface area contributed by atoms with E-state index in [2.05, 4.69) is 9.99 Å². The zero-order valence-corrected chi connectivity index (χ0v) is 6.80. The second kappa shape index (κ2) is 3.88. The molecule has 1 rings (SSSR count). The lowest BCUT2D eigenvalue weighted by atomic mass is 10.5. The van der Waals surface area contributed by atoms with Crippen LogP contribution in [-0.2, 0) is 9.63 Å². The second-order valence-electron chi connectivity index (χ2n) is 1.83. The summed E-state index contributed by atoms with van der Waals surface area (Å²) >= 11 is 1.53. The van der Waals surface area contributed by atoms with Gasteiger partial charge in [0.1, 0.15) is 0 Å². The van der Waals surface area contributed by atoms with Gasteiger partial charge < -0.3 is 4.84 Å². The molecule has 0 N–H and O–H groups in total. The smallest absolute Gasteiger partial charge is 0.319 e. The molecule has 0 aliphatic carbocycles. The maximum absolute atomic E-state index is 10.2. The van der Waals surface area contributed by atoms with Crippen LogP contribution in [0.1, 0.15) is 11.8 Å². The monoisotopic (exact) mass is 169 g/mol. The van der Waals surface area contributed by atoms with Crippen LogP contribution in [0.4, 0.5) is 0 Å². The summed E-state index contributed by atoms with van der Waals surface area (Å²) in [5.41, 5.74) is 0. The van der Waals surface area contributed by atoms with Crippen LogP contribution in [0, 0.1) is 0 Å². The van der Waals surface area contributed by atoms with Crippen LogP contribution in [0.5, 0.6) is 0 Å². The standard InChI is InChI=1S/C7H7NO2S/c1-6(9)10-8-5-7-3-2-4-11-7/h2-5H,1H3/b8-5+. The molecule has 1 aromatic rings. The summed E-state index contributed by atoms with van der Waals surface area (Å²) in [5.74, 6) is -0.405. The van der Waals surface area contributed by atoms with Gasteiger partial charge in [0.05, 0.1) is 6.21 Å². The van der Waals surface area contributed by atoms with Crippen LogP contribution in [0.3, 0.4) is 0 Å². The quantitative estimate of drug-likeness (QED) is 0.383. The third kappa shape index (κ3) is 2.95. The van der Waals surface area contributed by atoms with Crippen molar-refractivity contribution in [1.29, 1.82) is 0 Å². The lowest BCUT2D eigenvalue weighted by molar-refractivity contribution is -0.140. The van der Waals surface area contributed by atoms with Crippen molar-refractivity contribution in [1.82, 2.24) is 0 Å². The first-order valence-corrected chi connectivity index (χ1v) is 3.91. The Kier molecular flexibility index (Phi) is 2.80. The van der Waals surface area contributed by atoms with E-state index in [1.807, 2.05) is 17.5 Å². The van der Waals surface area contributed by atoms with Gasteiger partial charge in [0, 0.05) is 11.8 Å². The normalized spacial score (nSPS) is 10.3. The van der Waals surface area contributed by atoms with Gasteiger partial charge in [0.15, 0.2) is 0 Å². The molecule has 0 aromatic carbocycles. The van der Waals surface area contributed by atoms with E-state index in [0.717, 1.165) is 4.88 Å². The van der Waals surface area contributed by atoms with E-state index in [4.69, 9.17) is 0 Å². The SMILES string of the molecule is CC(=O)O/N=C/c1cccs1. The molecule has 11 heavy (non-hydrogen) atoms. The minimum Gasteiger partial charge on any atom is -0.319 e. The van der Waals surface area contributed by atoms with Gasteiger partial charge in [-0.1, -0.05) is 11.2 Å². The molecular formula is C7H7NO2S.